The number of hydrogen-bond acceptors (Lipinski definition) is 12. The lowest BCUT2D eigenvalue weighted by atomic mass is 10.2. The van der Waals surface area contributed by atoms with E-state index >= 15 is 0 Å². The van der Waals surface area contributed by atoms with E-state index in [2.05, 4.69) is 27.4 Å². The molecule has 0 saturated carbocycles. The molecule has 0 unspecified atom stereocenters. The minimum atomic E-state index is -0.486. The van der Waals surface area contributed by atoms with Gasteiger partial charge >= 0.3 is 0 Å². The van der Waals surface area contributed by atoms with E-state index in [0.717, 1.165) is 18.5 Å². The molecule has 0 aliphatic carbocycles. The van der Waals surface area contributed by atoms with Crippen molar-refractivity contribution in [1.29, 1.82) is 0 Å². The monoisotopic (exact) mass is 566 g/mol. The van der Waals surface area contributed by atoms with Crippen LogP contribution in [0.25, 0.3) is 0 Å². The molecular weight excluding hydrogens is 532 g/mol. The molecule has 13 nitrogen and oxygen atoms in total. The van der Waals surface area contributed by atoms with Crippen molar-refractivity contribution in [3.05, 3.63) is 64.7 Å². The molecule has 13 heteroatoms. The smallest absolute Gasteiger partial charge is 0.269 e. The molecule has 0 heterocycles. The van der Waals surface area contributed by atoms with Crippen molar-refractivity contribution in [3.8, 4) is 17.2 Å². The topological polar surface area (TPSA) is 164 Å². The number of aliphatic hydroxyl groups excluding tert-OH is 2. The van der Waals surface area contributed by atoms with Crippen LogP contribution in [-0.2, 0) is 0 Å². The summed E-state index contributed by atoms with van der Waals surface area (Å²) < 4.78 is 17.0. The highest BCUT2D eigenvalue weighted by molar-refractivity contribution is 5.67. The number of ether oxygens (including phenoxy) is 3. The van der Waals surface area contributed by atoms with Crippen LogP contribution in [0.2, 0.25) is 0 Å². The van der Waals surface area contributed by atoms with Crippen LogP contribution < -0.4 is 19.1 Å². The van der Waals surface area contributed by atoms with Gasteiger partial charge in [-0.25, -0.2) is 0 Å². The van der Waals surface area contributed by atoms with Gasteiger partial charge in [0.25, 0.3) is 5.69 Å². The van der Waals surface area contributed by atoms with E-state index in [1.54, 1.807) is 18.2 Å². The van der Waals surface area contributed by atoms with Gasteiger partial charge in [-0.15, -0.1) is 15.3 Å². The highest BCUT2D eigenvalue weighted by Gasteiger charge is 2.14. The summed E-state index contributed by atoms with van der Waals surface area (Å²) in [6.45, 7) is 3.17. The van der Waals surface area contributed by atoms with Crippen LogP contribution in [0.15, 0.2) is 75.1 Å². The number of nitro benzene ring substituents is 1. The van der Waals surface area contributed by atoms with Crippen LogP contribution in [0.4, 0.5) is 34.1 Å². The first-order chi connectivity index (χ1) is 19.9. The summed E-state index contributed by atoms with van der Waals surface area (Å²) in [6.07, 6.45) is 1.82. The number of nitrogens with zero attached hydrogens (tertiary/aromatic N) is 6. The zero-order chi connectivity index (χ0) is 29.6. The van der Waals surface area contributed by atoms with E-state index in [1.807, 2.05) is 17.0 Å². The van der Waals surface area contributed by atoms with E-state index in [9.17, 15) is 20.3 Å². The number of benzene rings is 3. The molecule has 0 aliphatic rings. The summed E-state index contributed by atoms with van der Waals surface area (Å²) in [4.78, 5) is 12.2. The van der Waals surface area contributed by atoms with Gasteiger partial charge in [0.15, 0.2) is 0 Å². The molecule has 218 valence electrons. The highest BCUT2D eigenvalue weighted by atomic mass is 16.6. The van der Waals surface area contributed by atoms with Crippen LogP contribution in [-0.4, -0.2) is 62.3 Å². The van der Waals surface area contributed by atoms with Crippen molar-refractivity contribution >= 4 is 34.1 Å². The Bertz CT molecular complexity index is 1340. The molecule has 0 radical (unpaired) electrons. The van der Waals surface area contributed by atoms with Gasteiger partial charge in [-0.2, -0.15) is 5.11 Å². The van der Waals surface area contributed by atoms with E-state index in [1.165, 1.54) is 38.5 Å². The third-order valence-corrected chi connectivity index (χ3v) is 5.88. The van der Waals surface area contributed by atoms with Gasteiger partial charge in [0, 0.05) is 49.1 Å². The first-order valence-electron chi connectivity index (χ1n) is 13.0. The number of rotatable bonds is 16. The number of unbranched alkanes of at least 4 members (excludes halogenated alkanes) is 1. The van der Waals surface area contributed by atoms with E-state index in [-0.39, 0.29) is 18.9 Å². The molecule has 3 aromatic carbocycles. The van der Waals surface area contributed by atoms with Gasteiger partial charge < -0.3 is 29.3 Å². The maximum absolute atomic E-state index is 10.9. The van der Waals surface area contributed by atoms with Gasteiger partial charge in [-0.1, -0.05) is 13.3 Å². The summed E-state index contributed by atoms with van der Waals surface area (Å²) in [5.41, 5.74) is 2.39. The number of aliphatic hydroxyl groups is 2. The molecule has 0 atom stereocenters. The third-order valence-electron chi connectivity index (χ3n) is 5.88. The van der Waals surface area contributed by atoms with E-state index < -0.39 is 4.92 Å². The Morgan fingerprint density at radius 2 is 1.39 bits per heavy atom. The van der Waals surface area contributed by atoms with Crippen molar-refractivity contribution in [1.82, 2.24) is 0 Å². The largest absolute Gasteiger partial charge is 0.494 e. The van der Waals surface area contributed by atoms with E-state index in [0.29, 0.717) is 59.7 Å². The number of azo groups is 2. The molecule has 0 spiro atoms. The lowest BCUT2D eigenvalue weighted by molar-refractivity contribution is -0.384. The number of methoxy groups -OCH3 is 2. The predicted octanol–water partition coefficient (Wildman–Crippen LogP) is 6.41. The molecule has 3 aromatic rings. The van der Waals surface area contributed by atoms with Crippen LogP contribution in [0, 0.1) is 10.1 Å². The molecule has 0 aliphatic heterocycles. The Labute approximate surface area is 237 Å². The average Bonchev–Trinajstić information content (AvgIpc) is 2.99. The first-order valence-corrected chi connectivity index (χ1v) is 13.0. The fraction of sp³-hybridized carbons (Fsp3) is 0.357. The van der Waals surface area contributed by atoms with Gasteiger partial charge in [0.05, 0.1) is 44.7 Å². The molecule has 0 bridgehead atoms. The van der Waals surface area contributed by atoms with Gasteiger partial charge in [0.2, 0.25) is 0 Å². The van der Waals surface area contributed by atoms with Crippen LogP contribution >= 0.6 is 0 Å². The Hall–Kier alpha value is -4.62. The summed E-state index contributed by atoms with van der Waals surface area (Å²) in [7, 11) is 2.97. The lowest BCUT2D eigenvalue weighted by Gasteiger charge is -2.23. The predicted molar refractivity (Wildman–Crippen MR) is 154 cm³/mol. The second kappa shape index (κ2) is 15.8. The standard InChI is InChI=1S/C28H34N6O7/c1-4-5-16-41-28-17-22(33(12-14-35)13-15-36)10-11-23(28)30-32-25-19-26(39-2)24(18-27(25)40-3)31-29-20-6-8-21(9-7-20)34(37)38/h6-11,17-19,35-36H,4-5,12-16H2,1-3H3. The van der Waals surface area contributed by atoms with Crippen LogP contribution in [0.5, 0.6) is 17.2 Å². The van der Waals surface area contributed by atoms with Gasteiger partial charge in [0.1, 0.15) is 34.3 Å². The maximum Gasteiger partial charge on any atom is 0.269 e. The molecule has 0 fully saturated rings. The Balaban J connectivity index is 1.92. The summed E-state index contributed by atoms with van der Waals surface area (Å²) in [6, 6.07) is 14.3. The fourth-order valence-electron chi connectivity index (χ4n) is 3.72. The minimum Gasteiger partial charge on any atom is -0.494 e. The number of non-ortho nitro benzene ring substituents is 1. The van der Waals surface area contributed by atoms with Crippen molar-refractivity contribution < 1.29 is 29.3 Å². The Morgan fingerprint density at radius 3 is 1.93 bits per heavy atom. The Morgan fingerprint density at radius 1 is 0.805 bits per heavy atom. The normalized spacial score (nSPS) is 11.2. The second-order valence-electron chi connectivity index (χ2n) is 8.66. The number of hydrogen-bond donors (Lipinski definition) is 2. The average molecular weight is 567 g/mol. The van der Waals surface area contributed by atoms with E-state index in [4.69, 9.17) is 14.2 Å². The zero-order valence-electron chi connectivity index (χ0n) is 23.3. The fourth-order valence-corrected chi connectivity index (χ4v) is 3.72. The molecule has 0 amide bonds. The zero-order valence-corrected chi connectivity index (χ0v) is 23.3. The van der Waals surface area contributed by atoms with Crippen molar-refractivity contribution in [3.63, 3.8) is 0 Å². The quantitative estimate of drug-likeness (QED) is 0.0868. The summed E-state index contributed by atoms with van der Waals surface area (Å²) in [5, 5.41) is 46.9. The van der Waals surface area contributed by atoms with Gasteiger partial charge in [-0.3, -0.25) is 10.1 Å². The maximum atomic E-state index is 10.9. The van der Waals surface area contributed by atoms with Crippen molar-refractivity contribution in [2.24, 2.45) is 20.5 Å². The lowest BCUT2D eigenvalue weighted by Crippen LogP contribution is -2.29. The SMILES string of the molecule is CCCCOc1cc(N(CCO)CCO)ccc1N=Nc1cc(OC)c(N=Nc2ccc([N+](=O)[O-])cc2)cc1OC. The Kier molecular flexibility index (Phi) is 11.9. The van der Waals surface area contributed by atoms with Crippen LogP contribution in [0.1, 0.15) is 19.8 Å². The van der Waals surface area contributed by atoms with Crippen LogP contribution in [0.3, 0.4) is 0 Å². The summed E-state index contributed by atoms with van der Waals surface area (Å²) >= 11 is 0. The molecular formula is C28H34N6O7. The minimum absolute atomic E-state index is 0.0425. The highest BCUT2D eigenvalue weighted by Crippen LogP contribution is 2.42. The molecule has 0 saturated heterocycles. The first kappa shape index (κ1) is 30.9. The number of anilines is 1. The molecule has 41 heavy (non-hydrogen) atoms. The molecule has 0 aromatic heterocycles. The molecule has 3 rings (SSSR count). The van der Waals surface area contributed by atoms with Crippen molar-refractivity contribution in [2.75, 3.05) is 52.0 Å². The third kappa shape index (κ3) is 8.68. The van der Waals surface area contributed by atoms with Crippen molar-refractivity contribution in [2.45, 2.75) is 19.8 Å². The number of nitro groups is 1. The van der Waals surface area contributed by atoms with Gasteiger partial charge in [-0.05, 0) is 30.7 Å². The second-order valence-corrected chi connectivity index (χ2v) is 8.66. The molecule has 2 N–H and O–H groups in total. The summed E-state index contributed by atoms with van der Waals surface area (Å²) in [5.74, 6) is 1.25.